The molecule has 0 aliphatic rings. The van der Waals surface area contributed by atoms with E-state index in [0.717, 1.165) is 5.69 Å². The van der Waals surface area contributed by atoms with Gasteiger partial charge in [-0.05, 0) is 30.3 Å². The molecular weight excluding hydrogens is 285 g/mol. The van der Waals surface area contributed by atoms with E-state index in [-0.39, 0.29) is 6.54 Å². The molecule has 0 aromatic heterocycles. The maximum absolute atomic E-state index is 11.0. The van der Waals surface area contributed by atoms with Gasteiger partial charge in [0.05, 0.1) is 0 Å². The van der Waals surface area contributed by atoms with Crippen LogP contribution in [-0.4, -0.2) is 17.6 Å². The number of para-hydroxylation sites is 1. The lowest BCUT2D eigenvalue weighted by Crippen LogP contribution is -2.24. The van der Waals surface area contributed by atoms with Gasteiger partial charge < -0.3 is 10.0 Å². The Bertz CT molecular complexity index is 567. The van der Waals surface area contributed by atoms with Crippen molar-refractivity contribution in [1.82, 2.24) is 0 Å². The minimum Gasteiger partial charge on any atom is -0.480 e. The molecule has 5 heteroatoms. The number of carboxylic acid groups (broad SMARTS) is 1. The molecule has 19 heavy (non-hydrogen) atoms. The maximum Gasteiger partial charge on any atom is 0.323 e. The molecule has 2 aromatic rings. The van der Waals surface area contributed by atoms with Gasteiger partial charge in [0.2, 0.25) is 0 Å². The molecule has 0 aliphatic heterocycles. The van der Waals surface area contributed by atoms with E-state index in [0.29, 0.717) is 15.7 Å². The second-order valence-electron chi connectivity index (χ2n) is 3.94. The highest BCUT2D eigenvalue weighted by atomic mass is 35.5. The zero-order chi connectivity index (χ0) is 13.8. The number of hydrogen-bond donors (Lipinski definition) is 1. The van der Waals surface area contributed by atoms with Crippen LogP contribution in [-0.2, 0) is 4.79 Å². The summed E-state index contributed by atoms with van der Waals surface area (Å²) in [5.74, 6) is -0.931. The van der Waals surface area contributed by atoms with E-state index in [1.54, 1.807) is 23.1 Å². The number of carboxylic acids is 1. The number of nitrogens with zero attached hydrogens (tertiary/aromatic N) is 1. The van der Waals surface area contributed by atoms with Crippen LogP contribution < -0.4 is 4.90 Å². The van der Waals surface area contributed by atoms with E-state index in [1.165, 1.54) is 0 Å². The van der Waals surface area contributed by atoms with Crippen molar-refractivity contribution >= 4 is 40.5 Å². The number of halogens is 2. The van der Waals surface area contributed by atoms with Crippen molar-refractivity contribution in [2.75, 3.05) is 11.4 Å². The molecule has 0 saturated heterocycles. The topological polar surface area (TPSA) is 40.5 Å². The van der Waals surface area contributed by atoms with E-state index in [1.807, 2.05) is 30.3 Å². The molecule has 1 N–H and O–H groups in total. The lowest BCUT2D eigenvalue weighted by molar-refractivity contribution is -0.135. The summed E-state index contributed by atoms with van der Waals surface area (Å²) >= 11 is 11.9. The summed E-state index contributed by atoms with van der Waals surface area (Å²) in [6, 6.07) is 14.2. The second-order valence-corrected chi connectivity index (χ2v) is 4.82. The molecule has 0 unspecified atom stereocenters. The van der Waals surface area contributed by atoms with Crippen LogP contribution in [0.2, 0.25) is 10.0 Å². The van der Waals surface area contributed by atoms with Gasteiger partial charge in [0.25, 0.3) is 0 Å². The molecule has 0 radical (unpaired) electrons. The highest BCUT2D eigenvalue weighted by Gasteiger charge is 2.14. The summed E-state index contributed by atoms with van der Waals surface area (Å²) in [5, 5.41) is 9.97. The molecule has 0 heterocycles. The Morgan fingerprint density at radius 1 is 1.00 bits per heavy atom. The van der Waals surface area contributed by atoms with Gasteiger partial charge in [-0.3, -0.25) is 4.79 Å². The number of rotatable bonds is 4. The van der Waals surface area contributed by atoms with Crippen molar-refractivity contribution in [3.8, 4) is 0 Å². The highest BCUT2D eigenvalue weighted by Crippen LogP contribution is 2.30. The Kier molecular flexibility index (Phi) is 4.30. The molecule has 3 nitrogen and oxygen atoms in total. The number of hydrogen-bond acceptors (Lipinski definition) is 2. The smallest absolute Gasteiger partial charge is 0.323 e. The number of carbonyl (C=O) groups is 1. The summed E-state index contributed by atoms with van der Waals surface area (Å²) in [6.45, 7) is -0.166. The Balaban J connectivity index is 2.45. The van der Waals surface area contributed by atoms with Gasteiger partial charge in [-0.25, -0.2) is 0 Å². The quantitative estimate of drug-likeness (QED) is 0.918. The number of aliphatic carboxylic acids is 1. The number of anilines is 2. The summed E-state index contributed by atoms with van der Waals surface area (Å²) < 4.78 is 0. The van der Waals surface area contributed by atoms with Gasteiger partial charge in [-0.1, -0.05) is 41.4 Å². The van der Waals surface area contributed by atoms with Gasteiger partial charge >= 0.3 is 5.97 Å². The van der Waals surface area contributed by atoms with Crippen LogP contribution in [0.1, 0.15) is 0 Å². The zero-order valence-electron chi connectivity index (χ0n) is 9.88. The van der Waals surface area contributed by atoms with Gasteiger partial charge in [0.1, 0.15) is 6.54 Å². The Morgan fingerprint density at radius 2 is 1.58 bits per heavy atom. The fourth-order valence-electron chi connectivity index (χ4n) is 1.77. The highest BCUT2D eigenvalue weighted by molar-refractivity contribution is 6.35. The van der Waals surface area contributed by atoms with Crippen molar-refractivity contribution < 1.29 is 9.90 Å². The predicted molar refractivity (Wildman–Crippen MR) is 77.5 cm³/mol. The zero-order valence-corrected chi connectivity index (χ0v) is 11.4. The van der Waals surface area contributed by atoms with Gasteiger partial charge in [0, 0.05) is 21.4 Å². The fourth-order valence-corrected chi connectivity index (χ4v) is 2.28. The first-order valence-electron chi connectivity index (χ1n) is 5.57. The summed E-state index contributed by atoms with van der Waals surface area (Å²) in [6.07, 6.45) is 0. The molecular formula is C14H11Cl2NO2. The monoisotopic (exact) mass is 295 g/mol. The average Bonchev–Trinajstić information content (AvgIpc) is 2.35. The van der Waals surface area contributed by atoms with Crippen molar-refractivity contribution in [3.05, 3.63) is 58.6 Å². The van der Waals surface area contributed by atoms with Crippen molar-refractivity contribution in [2.45, 2.75) is 0 Å². The van der Waals surface area contributed by atoms with Crippen LogP contribution in [0.15, 0.2) is 48.5 Å². The molecule has 0 spiro atoms. The third kappa shape index (κ3) is 3.63. The summed E-state index contributed by atoms with van der Waals surface area (Å²) in [4.78, 5) is 12.7. The molecule has 0 atom stereocenters. The first kappa shape index (κ1) is 13.7. The summed E-state index contributed by atoms with van der Waals surface area (Å²) in [7, 11) is 0. The molecule has 0 saturated carbocycles. The van der Waals surface area contributed by atoms with Gasteiger partial charge in [0.15, 0.2) is 0 Å². The molecule has 2 rings (SSSR count). The minimum atomic E-state index is -0.931. The maximum atomic E-state index is 11.0. The first-order chi connectivity index (χ1) is 9.06. The van der Waals surface area contributed by atoms with Crippen LogP contribution in [0.4, 0.5) is 11.4 Å². The molecule has 2 aromatic carbocycles. The molecule has 0 fully saturated rings. The Morgan fingerprint density at radius 3 is 2.11 bits per heavy atom. The van der Waals surface area contributed by atoms with Crippen LogP contribution >= 0.6 is 23.2 Å². The van der Waals surface area contributed by atoms with E-state index < -0.39 is 5.97 Å². The lowest BCUT2D eigenvalue weighted by Gasteiger charge is -2.23. The Labute approximate surface area is 121 Å². The molecule has 98 valence electrons. The SMILES string of the molecule is O=C(O)CN(c1ccccc1)c1cc(Cl)cc(Cl)c1. The number of benzene rings is 2. The third-order valence-corrected chi connectivity index (χ3v) is 2.96. The van der Waals surface area contributed by atoms with E-state index in [9.17, 15) is 4.79 Å². The minimum absolute atomic E-state index is 0.166. The van der Waals surface area contributed by atoms with Crippen LogP contribution in [0.5, 0.6) is 0 Å². The van der Waals surface area contributed by atoms with Crippen LogP contribution in [0, 0.1) is 0 Å². The average molecular weight is 296 g/mol. The predicted octanol–water partition coefficient (Wildman–Crippen LogP) is 4.22. The van der Waals surface area contributed by atoms with Crippen molar-refractivity contribution in [1.29, 1.82) is 0 Å². The van der Waals surface area contributed by atoms with Gasteiger partial charge in [-0.15, -0.1) is 0 Å². The van der Waals surface area contributed by atoms with Crippen LogP contribution in [0.25, 0.3) is 0 Å². The third-order valence-electron chi connectivity index (χ3n) is 2.52. The first-order valence-corrected chi connectivity index (χ1v) is 6.32. The van der Waals surface area contributed by atoms with E-state index in [2.05, 4.69) is 0 Å². The lowest BCUT2D eigenvalue weighted by atomic mass is 10.2. The normalized spacial score (nSPS) is 10.2. The molecule has 0 amide bonds. The van der Waals surface area contributed by atoms with Crippen molar-refractivity contribution in [3.63, 3.8) is 0 Å². The van der Waals surface area contributed by atoms with Crippen molar-refractivity contribution in [2.24, 2.45) is 0 Å². The van der Waals surface area contributed by atoms with Gasteiger partial charge in [-0.2, -0.15) is 0 Å². The fraction of sp³-hybridized carbons (Fsp3) is 0.0714. The van der Waals surface area contributed by atoms with Crippen LogP contribution in [0.3, 0.4) is 0 Å². The molecule has 0 aliphatic carbocycles. The summed E-state index contributed by atoms with van der Waals surface area (Å²) in [5.41, 5.74) is 1.41. The van der Waals surface area contributed by atoms with E-state index in [4.69, 9.17) is 28.3 Å². The second kappa shape index (κ2) is 5.95. The standard InChI is InChI=1S/C14H11Cl2NO2/c15-10-6-11(16)8-13(7-10)17(9-14(18)19)12-4-2-1-3-5-12/h1-8H,9H2,(H,18,19). The molecule has 0 bridgehead atoms. The largest absolute Gasteiger partial charge is 0.480 e. The Hall–Kier alpha value is -1.71. The van der Waals surface area contributed by atoms with E-state index >= 15 is 0 Å².